The van der Waals surface area contributed by atoms with Crippen LogP contribution in [0.25, 0.3) is 0 Å². The van der Waals surface area contributed by atoms with Crippen molar-refractivity contribution < 1.29 is 14.6 Å². The highest BCUT2D eigenvalue weighted by Crippen LogP contribution is 2.50. The zero-order chi connectivity index (χ0) is 22.9. The Morgan fingerprint density at radius 1 is 1.27 bits per heavy atom. The fourth-order valence-electron chi connectivity index (χ4n) is 4.43. The summed E-state index contributed by atoms with van der Waals surface area (Å²) in [4.78, 5) is 17.7. The summed E-state index contributed by atoms with van der Waals surface area (Å²) < 4.78 is 6.18. The molecule has 3 atom stereocenters. The van der Waals surface area contributed by atoms with Crippen molar-refractivity contribution in [3.05, 3.63) is 77.0 Å². The van der Waals surface area contributed by atoms with Crippen LogP contribution in [0.4, 0.5) is 5.69 Å². The van der Waals surface area contributed by atoms with E-state index in [0.717, 1.165) is 25.0 Å². The highest BCUT2D eigenvalue weighted by atomic mass is 35.5. The maximum absolute atomic E-state index is 11.5. The number of carbonyl (C=O) groups is 1. The SMILES string of the molecule is Cc1ccc(OC2=NC(=CCC3Nc4ccccc4S3)CC(=CCCl)C3CC23)cc1C(=O)O. The Kier molecular flexibility index (Phi) is 6.21. The molecule has 5 nitrogen and oxygen atoms in total. The van der Waals surface area contributed by atoms with Crippen LogP contribution >= 0.6 is 23.4 Å². The van der Waals surface area contributed by atoms with Crippen LogP contribution in [0.1, 0.15) is 35.2 Å². The van der Waals surface area contributed by atoms with E-state index in [2.05, 4.69) is 35.7 Å². The van der Waals surface area contributed by atoms with E-state index in [9.17, 15) is 9.90 Å². The fourth-order valence-corrected chi connectivity index (χ4v) is 5.73. The van der Waals surface area contributed by atoms with Gasteiger partial charge in [0.1, 0.15) is 5.75 Å². The van der Waals surface area contributed by atoms with Crippen molar-refractivity contribution in [1.82, 2.24) is 0 Å². The van der Waals surface area contributed by atoms with Gasteiger partial charge in [0.2, 0.25) is 0 Å². The minimum absolute atomic E-state index is 0.211. The zero-order valence-corrected chi connectivity index (χ0v) is 19.8. The number of ether oxygens (including phenoxy) is 1. The molecule has 2 aromatic rings. The van der Waals surface area contributed by atoms with Crippen LogP contribution < -0.4 is 10.1 Å². The number of carboxylic acids is 1. The molecule has 2 heterocycles. The Hall–Kier alpha value is -2.70. The highest BCUT2D eigenvalue weighted by molar-refractivity contribution is 8.00. The van der Waals surface area contributed by atoms with Gasteiger partial charge in [0.15, 0.2) is 5.90 Å². The summed E-state index contributed by atoms with van der Waals surface area (Å²) in [6.45, 7) is 1.78. The van der Waals surface area contributed by atoms with Crippen LogP contribution in [0, 0.1) is 18.8 Å². The molecular formula is C26H25ClN2O3S. The highest BCUT2D eigenvalue weighted by Gasteiger charge is 2.46. The Balaban J connectivity index is 1.38. The van der Waals surface area contributed by atoms with Gasteiger partial charge in [0.25, 0.3) is 0 Å². The van der Waals surface area contributed by atoms with Crippen molar-refractivity contribution in [2.45, 2.75) is 36.5 Å². The minimum atomic E-state index is -0.958. The van der Waals surface area contributed by atoms with Crippen LogP contribution in [-0.4, -0.2) is 28.2 Å². The number of carboxylic acid groups (broad SMARTS) is 1. The lowest BCUT2D eigenvalue weighted by Crippen LogP contribution is -2.13. The number of hydrogen-bond acceptors (Lipinski definition) is 5. The molecule has 0 aromatic heterocycles. The van der Waals surface area contributed by atoms with Crippen LogP contribution in [0.2, 0.25) is 0 Å². The van der Waals surface area contributed by atoms with Gasteiger partial charge in [-0.05, 0) is 55.5 Å². The van der Waals surface area contributed by atoms with Gasteiger partial charge in [0.05, 0.1) is 10.9 Å². The number of nitrogens with one attached hydrogen (secondary N) is 1. The number of alkyl halides is 1. The number of benzene rings is 2. The zero-order valence-electron chi connectivity index (χ0n) is 18.3. The van der Waals surface area contributed by atoms with Crippen LogP contribution in [0.15, 0.2) is 75.8 Å². The Labute approximate surface area is 202 Å². The first-order valence-electron chi connectivity index (χ1n) is 11.1. The molecular weight excluding hydrogens is 456 g/mol. The molecule has 1 fully saturated rings. The maximum Gasteiger partial charge on any atom is 0.336 e. The van der Waals surface area contributed by atoms with Crippen LogP contribution in [-0.2, 0) is 0 Å². The summed E-state index contributed by atoms with van der Waals surface area (Å²) in [5.41, 5.74) is 4.41. The number of para-hydroxylation sites is 1. The monoisotopic (exact) mass is 480 g/mol. The number of fused-ring (bicyclic) bond motifs is 2. The van der Waals surface area contributed by atoms with Crippen molar-refractivity contribution in [3.8, 4) is 5.75 Å². The number of allylic oxidation sites excluding steroid dienone is 2. The number of halogens is 1. The molecule has 3 unspecified atom stereocenters. The average molecular weight is 481 g/mol. The second kappa shape index (κ2) is 9.27. The van der Waals surface area contributed by atoms with Gasteiger partial charge in [-0.3, -0.25) is 0 Å². The molecule has 0 amide bonds. The molecule has 2 aliphatic heterocycles. The predicted octanol–water partition coefficient (Wildman–Crippen LogP) is 6.49. The molecule has 33 heavy (non-hydrogen) atoms. The Bertz CT molecular complexity index is 1160. The van der Waals surface area contributed by atoms with E-state index in [1.807, 2.05) is 23.9 Å². The lowest BCUT2D eigenvalue weighted by atomic mass is 10.0. The second-order valence-electron chi connectivity index (χ2n) is 8.57. The molecule has 1 aliphatic carbocycles. The van der Waals surface area contributed by atoms with Crippen LogP contribution in [0.3, 0.4) is 0 Å². The van der Waals surface area contributed by atoms with Gasteiger partial charge in [-0.25, -0.2) is 9.79 Å². The minimum Gasteiger partial charge on any atom is -0.478 e. The number of aliphatic imine (C=N–C) groups is 1. The lowest BCUT2D eigenvalue weighted by Gasteiger charge is -2.11. The van der Waals surface area contributed by atoms with Gasteiger partial charge < -0.3 is 15.2 Å². The maximum atomic E-state index is 11.5. The number of aromatic carboxylic acids is 1. The molecule has 170 valence electrons. The smallest absolute Gasteiger partial charge is 0.336 e. The quantitative estimate of drug-likeness (QED) is 0.378. The van der Waals surface area contributed by atoms with Crippen molar-refractivity contribution in [2.24, 2.45) is 16.8 Å². The van der Waals surface area contributed by atoms with Crippen molar-refractivity contribution in [1.29, 1.82) is 0 Å². The summed E-state index contributed by atoms with van der Waals surface area (Å²) in [5, 5.41) is 13.3. The molecule has 0 radical (unpaired) electrons. The third-order valence-electron chi connectivity index (χ3n) is 6.26. The second-order valence-corrected chi connectivity index (χ2v) is 10.1. The molecule has 2 N–H and O–H groups in total. The third-order valence-corrected chi connectivity index (χ3v) is 7.62. The van der Waals surface area contributed by atoms with Gasteiger partial charge in [-0.15, -0.1) is 11.6 Å². The van der Waals surface area contributed by atoms with Crippen LogP contribution in [0.5, 0.6) is 5.75 Å². The molecule has 3 aliphatic rings. The summed E-state index contributed by atoms with van der Waals surface area (Å²) in [6, 6.07) is 13.5. The van der Waals surface area contributed by atoms with E-state index in [1.165, 1.54) is 16.2 Å². The van der Waals surface area contributed by atoms with Gasteiger partial charge in [-0.1, -0.05) is 47.7 Å². The van der Waals surface area contributed by atoms with E-state index < -0.39 is 5.97 Å². The third kappa shape index (κ3) is 4.82. The topological polar surface area (TPSA) is 70.9 Å². The standard InChI is InChI=1S/C26H25ClN2O3S/c1-15-6-8-18(13-19(15)26(30)31)32-25-21-14-20(21)16(10-11-27)12-17(28-25)7-9-24-29-22-4-2-3-5-23(22)33-24/h2-8,10,13,20-21,24,29H,9,11-12,14H2,1H3,(H,30,31). The van der Waals surface area contributed by atoms with E-state index in [4.69, 9.17) is 21.3 Å². The van der Waals surface area contributed by atoms with E-state index in [0.29, 0.717) is 29.0 Å². The Morgan fingerprint density at radius 2 is 2.12 bits per heavy atom. The number of nitrogens with zero attached hydrogens (tertiary/aromatic N) is 1. The predicted molar refractivity (Wildman–Crippen MR) is 134 cm³/mol. The van der Waals surface area contributed by atoms with Crippen molar-refractivity contribution in [2.75, 3.05) is 11.2 Å². The fraction of sp³-hybridized carbons (Fsp3) is 0.308. The first kappa shape index (κ1) is 22.1. The normalized spacial score (nSPS) is 25.6. The molecule has 2 aromatic carbocycles. The van der Waals surface area contributed by atoms with Gasteiger partial charge in [-0.2, -0.15) is 0 Å². The van der Waals surface area contributed by atoms with E-state index >= 15 is 0 Å². The molecule has 0 spiro atoms. The molecule has 5 rings (SSSR count). The summed E-state index contributed by atoms with van der Waals surface area (Å²) in [6.07, 6.45) is 6.87. The van der Waals surface area contributed by atoms with Crippen molar-refractivity contribution >= 4 is 40.9 Å². The number of thioether (sulfide) groups is 1. The first-order valence-corrected chi connectivity index (χ1v) is 12.5. The largest absolute Gasteiger partial charge is 0.478 e. The molecule has 0 saturated heterocycles. The van der Waals surface area contributed by atoms with Crippen molar-refractivity contribution in [3.63, 3.8) is 0 Å². The van der Waals surface area contributed by atoms with E-state index in [-0.39, 0.29) is 16.9 Å². The number of aryl methyl sites for hydroxylation is 1. The van der Waals surface area contributed by atoms with Gasteiger partial charge >= 0.3 is 5.97 Å². The number of anilines is 1. The first-order chi connectivity index (χ1) is 16.0. The molecule has 0 bridgehead atoms. The summed E-state index contributed by atoms with van der Waals surface area (Å²) >= 11 is 7.88. The summed E-state index contributed by atoms with van der Waals surface area (Å²) in [5.74, 6) is 1.30. The lowest BCUT2D eigenvalue weighted by molar-refractivity contribution is 0.0695. The summed E-state index contributed by atoms with van der Waals surface area (Å²) in [7, 11) is 0. The molecule has 1 saturated carbocycles. The van der Waals surface area contributed by atoms with E-state index in [1.54, 1.807) is 19.1 Å². The average Bonchev–Trinajstić information content (AvgIpc) is 3.50. The molecule has 7 heteroatoms. The van der Waals surface area contributed by atoms with Gasteiger partial charge in [0, 0.05) is 34.5 Å². The Morgan fingerprint density at radius 3 is 2.91 bits per heavy atom. The number of rotatable bonds is 5. The number of hydrogen-bond donors (Lipinski definition) is 2.